The summed E-state index contributed by atoms with van der Waals surface area (Å²) >= 11 is 0. The Morgan fingerprint density at radius 2 is 2.00 bits per heavy atom. The molecule has 0 aliphatic rings. The van der Waals surface area contributed by atoms with Crippen molar-refractivity contribution in [2.75, 3.05) is 13.2 Å². The minimum Gasteiger partial charge on any atom is -0.374 e. The molecule has 1 aromatic rings. The SMILES string of the molecule is CCOCC(=O)c1ccc(F)c(C(F)(F)F)c1. The van der Waals surface area contributed by atoms with Gasteiger partial charge in [-0.3, -0.25) is 4.79 Å². The number of ketones is 1. The zero-order valence-electron chi connectivity index (χ0n) is 8.97. The molecule has 0 unspecified atom stereocenters. The fraction of sp³-hybridized carbons (Fsp3) is 0.364. The van der Waals surface area contributed by atoms with Crippen molar-refractivity contribution < 1.29 is 27.1 Å². The molecule has 0 N–H and O–H groups in total. The molecule has 0 bridgehead atoms. The van der Waals surface area contributed by atoms with Crippen LogP contribution in [0.4, 0.5) is 17.6 Å². The molecule has 0 saturated carbocycles. The van der Waals surface area contributed by atoms with Gasteiger partial charge in [-0.05, 0) is 25.1 Å². The van der Waals surface area contributed by atoms with Gasteiger partial charge in [0.2, 0.25) is 0 Å². The summed E-state index contributed by atoms with van der Waals surface area (Å²) in [6.07, 6.45) is -4.81. The maximum absolute atomic E-state index is 12.9. The van der Waals surface area contributed by atoms with Crippen molar-refractivity contribution in [3.8, 4) is 0 Å². The molecule has 94 valence electrons. The van der Waals surface area contributed by atoms with Gasteiger partial charge in [-0.1, -0.05) is 0 Å². The highest BCUT2D eigenvalue weighted by Crippen LogP contribution is 2.31. The van der Waals surface area contributed by atoms with Gasteiger partial charge in [-0.25, -0.2) is 4.39 Å². The molecule has 0 aliphatic heterocycles. The lowest BCUT2D eigenvalue weighted by molar-refractivity contribution is -0.140. The topological polar surface area (TPSA) is 26.3 Å². The van der Waals surface area contributed by atoms with Crippen LogP contribution in [-0.4, -0.2) is 19.0 Å². The molecule has 0 heterocycles. The zero-order chi connectivity index (χ0) is 13.1. The number of hydrogen-bond donors (Lipinski definition) is 0. The molecule has 17 heavy (non-hydrogen) atoms. The van der Waals surface area contributed by atoms with E-state index in [0.717, 1.165) is 6.07 Å². The Bertz CT molecular complexity index is 412. The third-order valence-corrected chi connectivity index (χ3v) is 2.03. The molecule has 2 nitrogen and oxygen atoms in total. The van der Waals surface area contributed by atoms with E-state index in [9.17, 15) is 22.4 Å². The Hall–Kier alpha value is -1.43. The van der Waals surface area contributed by atoms with Crippen molar-refractivity contribution in [2.24, 2.45) is 0 Å². The van der Waals surface area contributed by atoms with Gasteiger partial charge in [-0.15, -0.1) is 0 Å². The third-order valence-electron chi connectivity index (χ3n) is 2.03. The Kier molecular flexibility index (Phi) is 4.22. The summed E-state index contributed by atoms with van der Waals surface area (Å²) in [6.45, 7) is 1.61. The number of alkyl halides is 3. The van der Waals surface area contributed by atoms with Crippen molar-refractivity contribution in [3.63, 3.8) is 0 Å². The summed E-state index contributed by atoms with van der Waals surface area (Å²) in [5.74, 6) is -2.01. The lowest BCUT2D eigenvalue weighted by Gasteiger charge is -2.09. The molecule has 0 saturated heterocycles. The van der Waals surface area contributed by atoms with Crippen LogP contribution in [0.15, 0.2) is 18.2 Å². The zero-order valence-corrected chi connectivity index (χ0v) is 8.97. The van der Waals surface area contributed by atoms with Crippen molar-refractivity contribution in [3.05, 3.63) is 35.1 Å². The molecule has 0 aliphatic carbocycles. The Morgan fingerprint density at radius 1 is 1.35 bits per heavy atom. The van der Waals surface area contributed by atoms with Crippen LogP contribution < -0.4 is 0 Å². The van der Waals surface area contributed by atoms with E-state index in [1.807, 2.05) is 0 Å². The van der Waals surface area contributed by atoms with Crippen molar-refractivity contribution in [1.82, 2.24) is 0 Å². The van der Waals surface area contributed by atoms with Crippen LogP contribution in [0.1, 0.15) is 22.8 Å². The first kappa shape index (κ1) is 13.6. The van der Waals surface area contributed by atoms with Gasteiger partial charge < -0.3 is 4.74 Å². The van der Waals surface area contributed by atoms with E-state index in [4.69, 9.17) is 4.74 Å². The molecular formula is C11H10F4O2. The van der Waals surface area contributed by atoms with Gasteiger partial charge in [0.1, 0.15) is 12.4 Å². The summed E-state index contributed by atoms with van der Waals surface area (Å²) in [5.41, 5.74) is -1.66. The molecule has 0 atom stereocenters. The first-order valence-corrected chi connectivity index (χ1v) is 4.84. The van der Waals surface area contributed by atoms with E-state index in [1.54, 1.807) is 6.92 Å². The number of carbonyl (C=O) groups excluding carboxylic acids is 1. The smallest absolute Gasteiger partial charge is 0.374 e. The summed E-state index contributed by atoms with van der Waals surface area (Å²) in [5, 5.41) is 0. The normalized spacial score (nSPS) is 11.6. The highest BCUT2D eigenvalue weighted by atomic mass is 19.4. The number of carbonyl (C=O) groups is 1. The molecule has 6 heteroatoms. The highest BCUT2D eigenvalue weighted by molar-refractivity contribution is 5.97. The molecule has 0 aromatic heterocycles. The summed E-state index contributed by atoms with van der Waals surface area (Å²) in [7, 11) is 0. The summed E-state index contributed by atoms with van der Waals surface area (Å²) in [6, 6.07) is 2.13. The second kappa shape index (κ2) is 5.27. The van der Waals surface area contributed by atoms with Gasteiger partial charge in [-0.2, -0.15) is 13.2 Å². The standard InChI is InChI=1S/C11H10F4O2/c1-2-17-6-10(16)7-3-4-9(12)8(5-7)11(13,14)15/h3-5H,2,6H2,1H3. The Morgan fingerprint density at radius 3 is 2.53 bits per heavy atom. The monoisotopic (exact) mass is 250 g/mol. The molecule has 0 fully saturated rings. The first-order chi connectivity index (χ1) is 7.86. The maximum atomic E-state index is 12.9. The average molecular weight is 250 g/mol. The van der Waals surface area contributed by atoms with Gasteiger partial charge in [0.25, 0.3) is 0 Å². The number of Topliss-reactive ketones (excluding diaryl/α,β-unsaturated/α-hetero) is 1. The van der Waals surface area contributed by atoms with Crippen LogP contribution in [0.3, 0.4) is 0 Å². The Labute approximate surface area is 95.2 Å². The van der Waals surface area contributed by atoms with Gasteiger partial charge in [0.15, 0.2) is 5.78 Å². The lowest BCUT2D eigenvalue weighted by Crippen LogP contribution is -2.13. The number of hydrogen-bond acceptors (Lipinski definition) is 2. The van der Waals surface area contributed by atoms with Crippen LogP contribution in [0.5, 0.6) is 0 Å². The number of benzene rings is 1. The fourth-order valence-electron chi connectivity index (χ4n) is 1.19. The number of halogens is 4. The minimum absolute atomic E-state index is 0.216. The van der Waals surface area contributed by atoms with E-state index in [-0.39, 0.29) is 18.8 Å². The highest BCUT2D eigenvalue weighted by Gasteiger charge is 2.34. The fourth-order valence-corrected chi connectivity index (χ4v) is 1.19. The van der Waals surface area contributed by atoms with Crippen LogP contribution in [-0.2, 0) is 10.9 Å². The second-order valence-electron chi connectivity index (χ2n) is 3.25. The number of ether oxygens (including phenoxy) is 1. The molecular weight excluding hydrogens is 240 g/mol. The Balaban J connectivity index is 3.00. The van der Waals surface area contributed by atoms with Gasteiger partial charge in [0.05, 0.1) is 5.56 Å². The predicted molar refractivity (Wildman–Crippen MR) is 52.2 cm³/mol. The van der Waals surface area contributed by atoms with E-state index in [0.29, 0.717) is 12.1 Å². The molecule has 1 aromatic carbocycles. The van der Waals surface area contributed by atoms with Crippen molar-refractivity contribution in [1.29, 1.82) is 0 Å². The van der Waals surface area contributed by atoms with Crippen LogP contribution in [0.25, 0.3) is 0 Å². The molecule has 0 amide bonds. The van der Waals surface area contributed by atoms with Crippen molar-refractivity contribution >= 4 is 5.78 Å². The molecule has 1 rings (SSSR count). The van der Waals surface area contributed by atoms with E-state index < -0.39 is 23.3 Å². The van der Waals surface area contributed by atoms with E-state index in [1.165, 1.54) is 0 Å². The van der Waals surface area contributed by atoms with Crippen LogP contribution >= 0.6 is 0 Å². The first-order valence-electron chi connectivity index (χ1n) is 4.84. The van der Waals surface area contributed by atoms with Gasteiger partial charge >= 0.3 is 6.18 Å². The predicted octanol–water partition coefficient (Wildman–Crippen LogP) is 3.06. The van der Waals surface area contributed by atoms with E-state index in [2.05, 4.69) is 0 Å². The van der Waals surface area contributed by atoms with Crippen LogP contribution in [0.2, 0.25) is 0 Å². The lowest BCUT2D eigenvalue weighted by atomic mass is 10.1. The second-order valence-corrected chi connectivity index (χ2v) is 3.25. The third kappa shape index (κ3) is 3.52. The summed E-state index contributed by atoms with van der Waals surface area (Å²) in [4.78, 5) is 11.4. The minimum atomic E-state index is -4.81. The average Bonchev–Trinajstić information content (AvgIpc) is 2.25. The summed E-state index contributed by atoms with van der Waals surface area (Å²) < 4.78 is 54.8. The maximum Gasteiger partial charge on any atom is 0.419 e. The molecule has 0 radical (unpaired) electrons. The molecule has 0 spiro atoms. The van der Waals surface area contributed by atoms with E-state index >= 15 is 0 Å². The number of rotatable bonds is 4. The quantitative estimate of drug-likeness (QED) is 0.606. The largest absolute Gasteiger partial charge is 0.419 e. The van der Waals surface area contributed by atoms with Crippen molar-refractivity contribution in [2.45, 2.75) is 13.1 Å². The van der Waals surface area contributed by atoms with Crippen LogP contribution in [0, 0.1) is 5.82 Å². The van der Waals surface area contributed by atoms with Gasteiger partial charge in [0, 0.05) is 12.2 Å².